The molecule has 0 fully saturated rings. The largest absolute Gasteiger partial charge is 0.384 e. The number of carbonyl (C=O) groups excluding carboxylic acids is 1. The van der Waals surface area contributed by atoms with Crippen LogP contribution >= 0.6 is 0 Å². The van der Waals surface area contributed by atoms with Crippen LogP contribution in [0.4, 0.5) is 0 Å². The number of aromatic nitrogens is 2. The van der Waals surface area contributed by atoms with Crippen LogP contribution in [-0.2, 0) is 22.6 Å². The highest BCUT2D eigenvalue weighted by Crippen LogP contribution is 1.98. The molecule has 84 valence electrons. The van der Waals surface area contributed by atoms with Crippen molar-refractivity contribution >= 4 is 5.91 Å². The first-order valence-electron chi connectivity index (χ1n) is 5.04. The van der Waals surface area contributed by atoms with Crippen LogP contribution in [0.5, 0.6) is 0 Å². The van der Waals surface area contributed by atoms with Gasteiger partial charge in [-0.2, -0.15) is 5.10 Å². The molecular formula is C10H17N3O2. The molecule has 1 rings (SSSR count). The summed E-state index contributed by atoms with van der Waals surface area (Å²) in [5.41, 5.74) is 1.02. The first-order chi connectivity index (χ1) is 7.27. The maximum atomic E-state index is 11.3. The lowest BCUT2D eigenvalue weighted by Gasteiger charge is -2.06. The fourth-order valence-corrected chi connectivity index (χ4v) is 1.27. The molecule has 1 N–H and O–H groups in total. The molecule has 0 aliphatic rings. The number of nitrogens with zero attached hydrogens (tertiary/aromatic N) is 2. The van der Waals surface area contributed by atoms with Crippen LogP contribution in [0.3, 0.4) is 0 Å². The maximum absolute atomic E-state index is 11.3. The number of carbonyl (C=O) groups is 1. The summed E-state index contributed by atoms with van der Waals surface area (Å²) in [7, 11) is 1.58. The summed E-state index contributed by atoms with van der Waals surface area (Å²) >= 11 is 0. The minimum Gasteiger partial charge on any atom is -0.384 e. The van der Waals surface area contributed by atoms with Gasteiger partial charge in [0.1, 0.15) is 0 Å². The fraction of sp³-hybridized carbons (Fsp3) is 0.600. The third-order valence-corrected chi connectivity index (χ3v) is 2.10. The van der Waals surface area contributed by atoms with E-state index < -0.39 is 0 Å². The second kappa shape index (κ2) is 6.19. The molecule has 1 heterocycles. The van der Waals surface area contributed by atoms with E-state index in [0.29, 0.717) is 19.6 Å². The molecule has 0 radical (unpaired) electrons. The summed E-state index contributed by atoms with van der Waals surface area (Å²) in [5.74, 6) is 0.000651. The Morgan fingerprint density at radius 3 is 3.13 bits per heavy atom. The van der Waals surface area contributed by atoms with Crippen molar-refractivity contribution in [1.29, 1.82) is 0 Å². The highest BCUT2D eigenvalue weighted by atomic mass is 16.5. The minimum absolute atomic E-state index is 0.000651. The van der Waals surface area contributed by atoms with Crippen molar-refractivity contribution in [2.24, 2.45) is 0 Å². The third-order valence-electron chi connectivity index (χ3n) is 2.10. The van der Waals surface area contributed by atoms with Gasteiger partial charge in [-0.25, -0.2) is 0 Å². The molecule has 0 atom stereocenters. The van der Waals surface area contributed by atoms with E-state index in [4.69, 9.17) is 4.74 Å². The summed E-state index contributed by atoms with van der Waals surface area (Å²) in [6.45, 7) is 3.81. The topological polar surface area (TPSA) is 56.2 Å². The zero-order chi connectivity index (χ0) is 11.1. The summed E-state index contributed by atoms with van der Waals surface area (Å²) in [5, 5.41) is 6.93. The normalized spacial score (nSPS) is 10.3. The van der Waals surface area contributed by atoms with Gasteiger partial charge in [0.2, 0.25) is 5.91 Å². The number of rotatable bonds is 6. The molecule has 0 bridgehead atoms. The monoisotopic (exact) mass is 211 g/mol. The van der Waals surface area contributed by atoms with Gasteiger partial charge in [0.05, 0.1) is 18.8 Å². The predicted octanol–water partition coefficient (Wildman–Crippen LogP) is 0.556. The Labute approximate surface area is 89.4 Å². The van der Waals surface area contributed by atoms with Crippen molar-refractivity contribution in [1.82, 2.24) is 15.1 Å². The van der Waals surface area contributed by atoms with Crippen LogP contribution in [0.1, 0.15) is 19.0 Å². The van der Waals surface area contributed by atoms with Crippen molar-refractivity contribution in [3.05, 3.63) is 18.0 Å². The SMILES string of the molecule is CCn1nccc1CNC(=O)CCOC. The number of amides is 1. The number of ether oxygens (including phenoxy) is 1. The molecular weight excluding hydrogens is 194 g/mol. The molecule has 1 aromatic rings. The van der Waals surface area contributed by atoms with E-state index in [-0.39, 0.29) is 5.91 Å². The van der Waals surface area contributed by atoms with E-state index in [1.54, 1.807) is 13.3 Å². The summed E-state index contributed by atoms with van der Waals surface area (Å²) in [4.78, 5) is 11.3. The summed E-state index contributed by atoms with van der Waals surface area (Å²) in [6, 6.07) is 1.90. The van der Waals surface area contributed by atoms with E-state index >= 15 is 0 Å². The molecule has 1 amide bonds. The third kappa shape index (κ3) is 3.71. The Morgan fingerprint density at radius 2 is 2.47 bits per heavy atom. The predicted molar refractivity (Wildman–Crippen MR) is 56.2 cm³/mol. The molecule has 0 aromatic carbocycles. The Balaban J connectivity index is 2.33. The number of methoxy groups -OCH3 is 1. The number of hydrogen-bond acceptors (Lipinski definition) is 3. The van der Waals surface area contributed by atoms with E-state index in [1.807, 2.05) is 17.7 Å². The lowest BCUT2D eigenvalue weighted by atomic mass is 10.3. The van der Waals surface area contributed by atoms with Gasteiger partial charge in [-0.1, -0.05) is 0 Å². The van der Waals surface area contributed by atoms with E-state index in [9.17, 15) is 4.79 Å². The van der Waals surface area contributed by atoms with Crippen molar-refractivity contribution in [2.45, 2.75) is 26.4 Å². The van der Waals surface area contributed by atoms with Crippen LogP contribution in [0.2, 0.25) is 0 Å². The molecule has 0 saturated heterocycles. The Kier molecular flexibility index (Phi) is 4.83. The summed E-state index contributed by atoms with van der Waals surface area (Å²) in [6.07, 6.45) is 2.14. The second-order valence-corrected chi connectivity index (χ2v) is 3.16. The van der Waals surface area contributed by atoms with Crippen LogP contribution in [0.25, 0.3) is 0 Å². The van der Waals surface area contributed by atoms with Gasteiger partial charge < -0.3 is 10.1 Å². The lowest BCUT2D eigenvalue weighted by molar-refractivity contribution is -0.122. The van der Waals surface area contributed by atoms with Gasteiger partial charge in [0, 0.05) is 26.3 Å². The van der Waals surface area contributed by atoms with Crippen molar-refractivity contribution in [3.63, 3.8) is 0 Å². The molecule has 0 unspecified atom stereocenters. The van der Waals surface area contributed by atoms with Gasteiger partial charge in [-0.3, -0.25) is 9.48 Å². The molecule has 0 spiro atoms. The molecule has 1 aromatic heterocycles. The minimum atomic E-state index is 0.000651. The first-order valence-corrected chi connectivity index (χ1v) is 5.04. The molecule has 0 aliphatic carbocycles. The highest BCUT2D eigenvalue weighted by molar-refractivity contribution is 5.75. The number of nitrogens with one attached hydrogen (secondary N) is 1. The molecule has 0 aliphatic heterocycles. The first kappa shape index (κ1) is 11.7. The van der Waals surface area contributed by atoms with E-state index in [1.165, 1.54) is 0 Å². The maximum Gasteiger partial charge on any atom is 0.222 e. The Bertz CT molecular complexity index is 309. The fourth-order valence-electron chi connectivity index (χ4n) is 1.27. The zero-order valence-corrected chi connectivity index (χ0v) is 9.19. The quantitative estimate of drug-likeness (QED) is 0.747. The van der Waals surface area contributed by atoms with E-state index in [2.05, 4.69) is 10.4 Å². The van der Waals surface area contributed by atoms with E-state index in [0.717, 1.165) is 12.2 Å². The second-order valence-electron chi connectivity index (χ2n) is 3.16. The van der Waals surface area contributed by atoms with Gasteiger partial charge in [0.25, 0.3) is 0 Å². The van der Waals surface area contributed by atoms with Gasteiger partial charge >= 0.3 is 0 Å². The van der Waals surface area contributed by atoms with Crippen LogP contribution in [0.15, 0.2) is 12.3 Å². The van der Waals surface area contributed by atoms with Gasteiger partial charge in [-0.05, 0) is 13.0 Å². The Hall–Kier alpha value is -1.36. The van der Waals surface area contributed by atoms with Crippen molar-refractivity contribution in [3.8, 4) is 0 Å². The van der Waals surface area contributed by atoms with Crippen LogP contribution in [-0.4, -0.2) is 29.4 Å². The summed E-state index contributed by atoms with van der Waals surface area (Å²) < 4.78 is 6.67. The lowest BCUT2D eigenvalue weighted by Crippen LogP contribution is -2.25. The van der Waals surface area contributed by atoms with Gasteiger partial charge in [0.15, 0.2) is 0 Å². The molecule has 5 heteroatoms. The molecule has 5 nitrogen and oxygen atoms in total. The highest BCUT2D eigenvalue weighted by Gasteiger charge is 2.03. The zero-order valence-electron chi connectivity index (χ0n) is 9.19. The van der Waals surface area contributed by atoms with Crippen molar-refractivity contribution < 1.29 is 9.53 Å². The van der Waals surface area contributed by atoms with Crippen molar-refractivity contribution in [2.75, 3.05) is 13.7 Å². The Morgan fingerprint density at radius 1 is 1.67 bits per heavy atom. The van der Waals surface area contributed by atoms with Gasteiger partial charge in [-0.15, -0.1) is 0 Å². The van der Waals surface area contributed by atoms with Crippen LogP contribution in [0, 0.1) is 0 Å². The number of hydrogen-bond donors (Lipinski definition) is 1. The average molecular weight is 211 g/mol. The molecule has 15 heavy (non-hydrogen) atoms. The average Bonchev–Trinajstić information content (AvgIpc) is 2.70. The number of aryl methyl sites for hydroxylation is 1. The smallest absolute Gasteiger partial charge is 0.222 e. The molecule has 0 saturated carbocycles. The van der Waals surface area contributed by atoms with Crippen LogP contribution < -0.4 is 5.32 Å². The standard InChI is InChI=1S/C10H17N3O2/c1-3-13-9(4-6-12-13)8-11-10(14)5-7-15-2/h4,6H,3,5,7-8H2,1-2H3,(H,11,14).